The van der Waals surface area contributed by atoms with E-state index < -0.39 is 5.54 Å². The molecule has 4 heteroatoms. The minimum atomic E-state index is -0.563. The number of carbonyl (C=O) groups is 1. The lowest BCUT2D eigenvalue weighted by molar-refractivity contribution is -0.122. The van der Waals surface area contributed by atoms with Gasteiger partial charge in [-0.1, -0.05) is 13.8 Å². The van der Waals surface area contributed by atoms with Crippen LogP contribution in [0, 0.1) is 0 Å². The summed E-state index contributed by atoms with van der Waals surface area (Å²) in [5, 5.41) is 3.36. The molecule has 0 aromatic heterocycles. The highest BCUT2D eigenvalue weighted by atomic mass is 32.2. The molecule has 0 unspecified atom stereocenters. The maximum atomic E-state index is 11.3. The van der Waals surface area contributed by atoms with E-state index in [9.17, 15) is 4.79 Å². The molecule has 0 aromatic carbocycles. The molecule has 0 aliphatic carbocycles. The minimum Gasteiger partial charge on any atom is -0.312 e. The number of rotatable bonds is 3. The zero-order valence-electron chi connectivity index (χ0n) is 8.55. The third-order valence-electron chi connectivity index (χ3n) is 1.78. The molecule has 74 valence electrons. The molecule has 3 nitrogen and oxygen atoms in total. The Bertz CT molecular complexity index is 246. The molecule has 1 aliphatic heterocycles. The molecule has 0 spiro atoms. The maximum Gasteiger partial charge on any atom is 0.252 e. The molecule has 1 heterocycles. The van der Waals surface area contributed by atoms with E-state index in [0.717, 1.165) is 11.6 Å². The molecule has 1 aliphatic rings. The molecule has 0 atom stereocenters. The Labute approximate surface area is 83.4 Å². The number of hydrogen-bond donors (Lipinski definition) is 1. The summed E-state index contributed by atoms with van der Waals surface area (Å²) in [5.41, 5.74) is -0.563. The number of thioether (sulfide) groups is 1. The molecule has 1 amide bonds. The summed E-state index contributed by atoms with van der Waals surface area (Å²) in [6.45, 7) is 7.92. The quantitative estimate of drug-likeness (QED) is 0.749. The fourth-order valence-electron chi connectivity index (χ4n) is 1.01. The Balaban J connectivity index is 2.51. The Hall–Kier alpha value is -0.510. The smallest absolute Gasteiger partial charge is 0.252 e. The van der Waals surface area contributed by atoms with Crippen molar-refractivity contribution in [3.8, 4) is 0 Å². The molecule has 0 saturated carbocycles. The fraction of sp³-hybridized carbons (Fsp3) is 0.778. The van der Waals surface area contributed by atoms with Crippen LogP contribution in [0.1, 0.15) is 27.7 Å². The molecule has 1 rings (SSSR count). The van der Waals surface area contributed by atoms with Crippen molar-refractivity contribution in [3.05, 3.63) is 0 Å². The Kier molecular flexibility index (Phi) is 3.01. The van der Waals surface area contributed by atoms with Crippen molar-refractivity contribution in [2.45, 2.75) is 38.5 Å². The standard InChI is InChI=1S/C9H16N2OS/c1-6(2)13-5-7-10-8(12)9(3,4)11-7/h6H,5H2,1-4H3,(H,10,11,12). The van der Waals surface area contributed by atoms with Crippen LogP contribution in [0.5, 0.6) is 0 Å². The Morgan fingerprint density at radius 2 is 2.15 bits per heavy atom. The van der Waals surface area contributed by atoms with Crippen LogP contribution < -0.4 is 5.32 Å². The van der Waals surface area contributed by atoms with Gasteiger partial charge in [0.15, 0.2) is 0 Å². The first-order valence-electron chi connectivity index (χ1n) is 4.43. The van der Waals surface area contributed by atoms with E-state index >= 15 is 0 Å². The second-order valence-electron chi connectivity index (χ2n) is 3.93. The van der Waals surface area contributed by atoms with Crippen LogP contribution in [0.4, 0.5) is 0 Å². The van der Waals surface area contributed by atoms with Gasteiger partial charge in [-0.2, -0.15) is 11.8 Å². The molecule has 1 N–H and O–H groups in total. The van der Waals surface area contributed by atoms with Crippen molar-refractivity contribution < 1.29 is 4.79 Å². The Morgan fingerprint density at radius 1 is 1.54 bits per heavy atom. The van der Waals surface area contributed by atoms with Crippen LogP contribution in [0.2, 0.25) is 0 Å². The normalized spacial score (nSPS) is 20.4. The first-order chi connectivity index (χ1) is 5.92. The van der Waals surface area contributed by atoms with Gasteiger partial charge in [0, 0.05) is 0 Å². The van der Waals surface area contributed by atoms with Gasteiger partial charge in [-0.05, 0) is 19.1 Å². The third kappa shape index (κ3) is 2.72. The van der Waals surface area contributed by atoms with E-state index in [1.807, 2.05) is 13.8 Å². The van der Waals surface area contributed by atoms with E-state index in [0.29, 0.717) is 5.25 Å². The predicted molar refractivity (Wildman–Crippen MR) is 57.3 cm³/mol. The van der Waals surface area contributed by atoms with E-state index in [-0.39, 0.29) is 5.91 Å². The Morgan fingerprint density at radius 3 is 2.54 bits per heavy atom. The van der Waals surface area contributed by atoms with Crippen molar-refractivity contribution in [1.29, 1.82) is 0 Å². The summed E-state index contributed by atoms with van der Waals surface area (Å²) in [7, 11) is 0. The van der Waals surface area contributed by atoms with E-state index in [4.69, 9.17) is 0 Å². The summed E-state index contributed by atoms with van der Waals surface area (Å²) in [6, 6.07) is 0. The monoisotopic (exact) mass is 200 g/mol. The summed E-state index contributed by atoms with van der Waals surface area (Å²) in [6.07, 6.45) is 0. The number of amidine groups is 1. The van der Waals surface area contributed by atoms with E-state index in [1.165, 1.54) is 0 Å². The number of hydrogen-bond acceptors (Lipinski definition) is 3. The molecule has 13 heavy (non-hydrogen) atoms. The molecule has 0 saturated heterocycles. The van der Waals surface area contributed by atoms with E-state index in [1.54, 1.807) is 11.8 Å². The molecule has 0 fully saturated rings. The van der Waals surface area contributed by atoms with E-state index in [2.05, 4.69) is 24.2 Å². The van der Waals surface area contributed by atoms with Gasteiger partial charge in [0.05, 0.1) is 5.75 Å². The number of carbonyl (C=O) groups excluding carboxylic acids is 1. The van der Waals surface area contributed by atoms with Gasteiger partial charge in [-0.3, -0.25) is 9.79 Å². The molecular formula is C9H16N2OS. The first-order valence-corrected chi connectivity index (χ1v) is 5.48. The van der Waals surface area contributed by atoms with Crippen molar-refractivity contribution in [1.82, 2.24) is 5.32 Å². The zero-order chi connectivity index (χ0) is 10.1. The summed E-state index contributed by atoms with van der Waals surface area (Å²) < 4.78 is 0. The van der Waals surface area contributed by atoms with Gasteiger partial charge >= 0.3 is 0 Å². The van der Waals surface area contributed by atoms with Gasteiger partial charge < -0.3 is 5.32 Å². The van der Waals surface area contributed by atoms with Crippen molar-refractivity contribution in [2.24, 2.45) is 4.99 Å². The number of nitrogens with one attached hydrogen (secondary N) is 1. The minimum absolute atomic E-state index is 0.00635. The van der Waals surface area contributed by atoms with Crippen LogP contribution >= 0.6 is 11.8 Å². The average molecular weight is 200 g/mol. The largest absolute Gasteiger partial charge is 0.312 e. The number of nitrogens with zero attached hydrogens (tertiary/aromatic N) is 1. The number of aliphatic imine (C=N–C) groups is 1. The van der Waals surface area contributed by atoms with Crippen molar-refractivity contribution in [2.75, 3.05) is 5.75 Å². The lowest BCUT2D eigenvalue weighted by Gasteiger charge is -2.07. The highest BCUT2D eigenvalue weighted by molar-refractivity contribution is 8.00. The topological polar surface area (TPSA) is 41.5 Å². The van der Waals surface area contributed by atoms with Crippen LogP contribution in [-0.2, 0) is 4.79 Å². The molecular weight excluding hydrogens is 184 g/mol. The predicted octanol–water partition coefficient (Wildman–Crippen LogP) is 1.43. The van der Waals surface area contributed by atoms with Crippen molar-refractivity contribution in [3.63, 3.8) is 0 Å². The van der Waals surface area contributed by atoms with Gasteiger partial charge in [-0.15, -0.1) is 0 Å². The summed E-state index contributed by atoms with van der Waals surface area (Å²) in [4.78, 5) is 15.6. The fourth-order valence-corrected chi connectivity index (χ4v) is 1.64. The number of amides is 1. The maximum absolute atomic E-state index is 11.3. The SMILES string of the molecule is CC(C)SCC1=NC(C)(C)C(=O)N1. The second kappa shape index (κ2) is 3.70. The van der Waals surface area contributed by atoms with Crippen molar-refractivity contribution >= 4 is 23.5 Å². The lowest BCUT2D eigenvalue weighted by atomic mass is 10.1. The highest BCUT2D eigenvalue weighted by Gasteiger charge is 2.33. The zero-order valence-corrected chi connectivity index (χ0v) is 9.36. The summed E-state index contributed by atoms with van der Waals surface area (Å²) in [5.74, 6) is 1.62. The molecule has 0 aromatic rings. The molecule has 0 bridgehead atoms. The van der Waals surface area contributed by atoms with Crippen LogP contribution in [0.15, 0.2) is 4.99 Å². The van der Waals surface area contributed by atoms with Crippen LogP contribution in [-0.4, -0.2) is 28.3 Å². The van der Waals surface area contributed by atoms with Gasteiger partial charge in [0.1, 0.15) is 11.4 Å². The third-order valence-corrected chi connectivity index (χ3v) is 2.89. The summed E-state index contributed by atoms with van der Waals surface area (Å²) >= 11 is 1.79. The lowest BCUT2D eigenvalue weighted by Crippen LogP contribution is -2.35. The van der Waals surface area contributed by atoms with Crippen LogP contribution in [0.25, 0.3) is 0 Å². The highest BCUT2D eigenvalue weighted by Crippen LogP contribution is 2.17. The van der Waals surface area contributed by atoms with Gasteiger partial charge in [0.25, 0.3) is 5.91 Å². The second-order valence-corrected chi connectivity index (χ2v) is 5.50. The average Bonchev–Trinajstić information content (AvgIpc) is 2.22. The van der Waals surface area contributed by atoms with Gasteiger partial charge in [-0.25, -0.2) is 0 Å². The first kappa shape index (κ1) is 10.6. The van der Waals surface area contributed by atoms with Gasteiger partial charge in [0.2, 0.25) is 0 Å². The van der Waals surface area contributed by atoms with Crippen LogP contribution in [0.3, 0.4) is 0 Å². The molecule has 0 radical (unpaired) electrons.